The standard InChI is InChI=1S/C8H9NO4/c1-5-2-7(9(12)13)3-6(4-10)8(5)11/h2-3,10-11H,4H2,1H3. The monoisotopic (exact) mass is 183 g/mol. The van der Waals surface area contributed by atoms with Crippen molar-refractivity contribution < 1.29 is 15.1 Å². The summed E-state index contributed by atoms with van der Waals surface area (Å²) < 4.78 is 0. The third kappa shape index (κ3) is 1.75. The molecule has 0 unspecified atom stereocenters. The van der Waals surface area contributed by atoms with E-state index in [0.717, 1.165) is 6.07 Å². The van der Waals surface area contributed by atoms with Crippen molar-refractivity contribution in [1.82, 2.24) is 0 Å². The summed E-state index contributed by atoms with van der Waals surface area (Å²) in [5.41, 5.74) is 0.435. The van der Waals surface area contributed by atoms with Crippen molar-refractivity contribution in [2.45, 2.75) is 13.5 Å². The number of nitrogens with zero attached hydrogens (tertiary/aromatic N) is 1. The van der Waals surface area contributed by atoms with Crippen molar-refractivity contribution in [3.8, 4) is 5.75 Å². The van der Waals surface area contributed by atoms with Crippen LogP contribution in [-0.2, 0) is 6.61 Å². The lowest BCUT2D eigenvalue weighted by atomic mass is 10.1. The number of nitro groups is 1. The van der Waals surface area contributed by atoms with Gasteiger partial charge >= 0.3 is 0 Å². The lowest BCUT2D eigenvalue weighted by Gasteiger charge is -2.03. The second kappa shape index (κ2) is 3.40. The summed E-state index contributed by atoms with van der Waals surface area (Å²) in [6.45, 7) is 1.13. The molecule has 0 spiro atoms. The molecule has 0 aliphatic rings. The molecule has 5 heteroatoms. The van der Waals surface area contributed by atoms with Gasteiger partial charge in [0.25, 0.3) is 5.69 Å². The number of non-ortho nitro benzene ring substituents is 1. The first-order valence-corrected chi connectivity index (χ1v) is 3.64. The number of phenols is 1. The fraction of sp³-hybridized carbons (Fsp3) is 0.250. The van der Waals surface area contributed by atoms with Crippen LogP contribution >= 0.6 is 0 Å². The van der Waals surface area contributed by atoms with Crippen LogP contribution in [0.2, 0.25) is 0 Å². The van der Waals surface area contributed by atoms with E-state index in [4.69, 9.17) is 5.11 Å². The smallest absolute Gasteiger partial charge is 0.270 e. The van der Waals surface area contributed by atoms with Gasteiger partial charge in [0.1, 0.15) is 5.75 Å². The van der Waals surface area contributed by atoms with Crippen LogP contribution in [0.25, 0.3) is 0 Å². The predicted octanol–water partition coefficient (Wildman–Crippen LogP) is 1.10. The maximum Gasteiger partial charge on any atom is 0.270 e. The molecule has 0 aliphatic carbocycles. The van der Waals surface area contributed by atoms with E-state index >= 15 is 0 Å². The van der Waals surface area contributed by atoms with E-state index in [1.54, 1.807) is 6.92 Å². The van der Waals surface area contributed by atoms with E-state index in [1.165, 1.54) is 6.07 Å². The SMILES string of the molecule is Cc1cc([N+](=O)[O-])cc(CO)c1O. The highest BCUT2D eigenvalue weighted by Gasteiger charge is 2.12. The van der Waals surface area contributed by atoms with Gasteiger partial charge < -0.3 is 10.2 Å². The number of nitro benzene ring substituents is 1. The Morgan fingerprint density at radius 2 is 2.15 bits per heavy atom. The Morgan fingerprint density at radius 1 is 1.54 bits per heavy atom. The van der Waals surface area contributed by atoms with Crippen LogP contribution in [0.3, 0.4) is 0 Å². The number of benzene rings is 1. The number of aliphatic hydroxyl groups is 1. The second-order valence-electron chi connectivity index (χ2n) is 2.69. The molecule has 0 bridgehead atoms. The highest BCUT2D eigenvalue weighted by Crippen LogP contribution is 2.27. The molecule has 0 saturated heterocycles. The van der Waals surface area contributed by atoms with Gasteiger partial charge in [-0.15, -0.1) is 0 Å². The number of hydrogen-bond acceptors (Lipinski definition) is 4. The number of aryl methyl sites for hydroxylation is 1. The van der Waals surface area contributed by atoms with Crippen LogP contribution in [0, 0.1) is 17.0 Å². The Kier molecular flexibility index (Phi) is 2.48. The Bertz CT molecular complexity index is 348. The van der Waals surface area contributed by atoms with E-state index in [1.807, 2.05) is 0 Å². The number of rotatable bonds is 2. The van der Waals surface area contributed by atoms with Crippen molar-refractivity contribution in [3.63, 3.8) is 0 Å². The summed E-state index contributed by atoms with van der Waals surface area (Å²) in [6, 6.07) is 2.41. The average molecular weight is 183 g/mol. The molecule has 13 heavy (non-hydrogen) atoms. The molecule has 2 N–H and O–H groups in total. The lowest BCUT2D eigenvalue weighted by molar-refractivity contribution is -0.385. The number of aromatic hydroxyl groups is 1. The summed E-state index contributed by atoms with van der Waals surface area (Å²) in [5.74, 6) is -0.0897. The highest BCUT2D eigenvalue weighted by atomic mass is 16.6. The summed E-state index contributed by atoms with van der Waals surface area (Å²) in [5, 5.41) is 28.5. The van der Waals surface area contributed by atoms with Crippen molar-refractivity contribution >= 4 is 5.69 Å². The van der Waals surface area contributed by atoms with Crippen LogP contribution in [0.1, 0.15) is 11.1 Å². The normalized spacial score (nSPS) is 10.0. The van der Waals surface area contributed by atoms with Crippen LogP contribution in [0.4, 0.5) is 5.69 Å². The number of aliphatic hydroxyl groups excluding tert-OH is 1. The maximum atomic E-state index is 10.4. The summed E-state index contributed by atoms with van der Waals surface area (Å²) >= 11 is 0. The van der Waals surface area contributed by atoms with Crippen molar-refractivity contribution in [1.29, 1.82) is 0 Å². The minimum Gasteiger partial charge on any atom is -0.507 e. The second-order valence-corrected chi connectivity index (χ2v) is 2.69. The van der Waals surface area contributed by atoms with E-state index in [9.17, 15) is 15.2 Å². The van der Waals surface area contributed by atoms with Crippen LogP contribution in [-0.4, -0.2) is 15.1 Å². The largest absolute Gasteiger partial charge is 0.507 e. The van der Waals surface area contributed by atoms with Gasteiger partial charge in [0.2, 0.25) is 0 Å². The van der Waals surface area contributed by atoms with E-state index in [2.05, 4.69) is 0 Å². The molecule has 0 saturated carbocycles. The van der Waals surface area contributed by atoms with Crippen molar-refractivity contribution in [2.75, 3.05) is 0 Å². The Balaban J connectivity index is 3.30. The highest BCUT2D eigenvalue weighted by molar-refractivity contribution is 5.48. The molecule has 5 nitrogen and oxygen atoms in total. The lowest BCUT2D eigenvalue weighted by Crippen LogP contribution is -1.93. The fourth-order valence-corrected chi connectivity index (χ4v) is 1.06. The van der Waals surface area contributed by atoms with E-state index in [0.29, 0.717) is 5.56 Å². The average Bonchev–Trinajstić information content (AvgIpc) is 2.09. The van der Waals surface area contributed by atoms with E-state index < -0.39 is 11.5 Å². The molecule has 70 valence electrons. The van der Waals surface area contributed by atoms with Gasteiger partial charge in [0.15, 0.2) is 0 Å². The fourth-order valence-electron chi connectivity index (χ4n) is 1.06. The minimum absolute atomic E-state index is 0.0897. The molecular weight excluding hydrogens is 174 g/mol. The third-order valence-electron chi connectivity index (χ3n) is 1.75. The molecule has 0 amide bonds. The summed E-state index contributed by atoms with van der Waals surface area (Å²) in [7, 11) is 0. The third-order valence-corrected chi connectivity index (χ3v) is 1.75. The van der Waals surface area contributed by atoms with Gasteiger partial charge in [-0.25, -0.2) is 0 Å². The molecule has 0 aliphatic heterocycles. The van der Waals surface area contributed by atoms with Gasteiger partial charge in [-0.05, 0) is 12.5 Å². The van der Waals surface area contributed by atoms with Gasteiger partial charge in [-0.1, -0.05) is 0 Å². The van der Waals surface area contributed by atoms with Gasteiger partial charge in [-0.2, -0.15) is 0 Å². The van der Waals surface area contributed by atoms with Crippen molar-refractivity contribution in [2.24, 2.45) is 0 Å². The first-order chi connectivity index (χ1) is 6.06. The number of hydrogen-bond donors (Lipinski definition) is 2. The molecule has 1 aromatic rings. The molecule has 0 fully saturated rings. The summed E-state index contributed by atoms with van der Waals surface area (Å²) in [4.78, 5) is 9.81. The van der Waals surface area contributed by atoms with Crippen LogP contribution < -0.4 is 0 Å². The molecule has 1 aromatic carbocycles. The van der Waals surface area contributed by atoms with E-state index in [-0.39, 0.29) is 17.0 Å². The Labute approximate surface area is 74.4 Å². The maximum absolute atomic E-state index is 10.4. The van der Waals surface area contributed by atoms with Gasteiger partial charge in [0, 0.05) is 17.7 Å². The molecule has 0 radical (unpaired) electrons. The first-order valence-electron chi connectivity index (χ1n) is 3.64. The Hall–Kier alpha value is -1.62. The zero-order valence-corrected chi connectivity index (χ0v) is 7.02. The molecule has 0 heterocycles. The van der Waals surface area contributed by atoms with Gasteiger partial charge in [-0.3, -0.25) is 10.1 Å². The zero-order valence-electron chi connectivity index (χ0n) is 7.02. The zero-order chi connectivity index (χ0) is 10.0. The molecule has 0 aromatic heterocycles. The van der Waals surface area contributed by atoms with Crippen molar-refractivity contribution in [3.05, 3.63) is 33.4 Å². The summed E-state index contributed by atoms with van der Waals surface area (Å²) in [6.07, 6.45) is 0. The topological polar surface area (TPSA) is 83.6 Å². The molecule has 0 atom stereocenters. The predicted molar refractivity (Wildman–Crippen MR) is 45.4 cm³/mol. The van der Waals surface area contributed by atoms with Crippen LogP contribution in [0.5, 0.6) is 5.75 Å². The first kappa shape index (κ1) is 9.47. The molecular formula is C8H9NO4. The molecule has 1 rings (SSSR count). The van der Waals surface area contributed by atoms with Crippen LogP contribution in [0.15, 0.2) is 12.1 Å². The van der Waals surface area contributed by atoms with Gasteiger partial charge in [0.05, 0.1) is 11.5 Å². The quantitative estimate of drug-likeness (QED) is 0.531. The Morgan fingerprint density at radius 3 is 2.62 bits per heavy atom. The minimum atomic E-state index is -0.564.